The first-order chi connectivity index (χ1) is 10.1. The molecule has 2 N–H and O–H groups in total. The average molecular weight is 301 g/mol. The number of carbonyl (C=O) groups is 1. The highest BCUT2D eigenvalue weighted by atomic mass is 35.5. The Balaban J connectivity index is 2.21. The second kappa shape index (κ2) is 6.89. The number of pyridine rings is 1. The molecule has 0 fully saturated rings. The van der Waals surface area contributed by atoms with E-state index in [1.54, 1.807) is 36.5 Å². The molecule has 21 heavy (non-hydrogen) atoms. The molecule has 1 aromatic heterocycles. The molecule has 1 amide bonds. The summed E-state index contributed by atoms with van der Waals surface area (Å²) >= 11 is 5.91. The summed E-state index contributed by atoms with van der Waals surface area (Å²) in [4.78, 5) is 16.3. The van der Waals surface area contributed by atoms with Gasteiger partial charge in [0, 0.05) is 22.3 Å². The van der Waals surface area contributed by atoms with Crippen LogP contribution in [-0.4, -0.2) is 22.6 Å². The van der Waals surface area contributed by atoms with Crippen molar-refractivity contribution in [3.05, 3.63) is 58.2 Å². The number of aryl methyl sites for hydroxylation is 1. The number of anilines is 1. The average Bonchev–Trinajstić information content (AvgIpc) is 2.48. The normalized spacial score (nSPS) is 9.67. The van der Waals surface area contributed by atoms with E-state index in [0.29, 0.717) is 22.0 Å². The first kappa shape index (κ1) is 15.0. The van der Waals surface area contributed by atoms with Crippen LogP contribution in [0.5, 0.6) is 0 Å². The van der Waals surface area contributed by atoms with Crippen molar-refractivity contribution >= 4 is 23.3 Å². The van der Waals surface area contributed by atoms with Gasteiger partial charge in [-0.15, -0.1) is 0 Å². The number of aliphatic hydroxyl groups excluding tert-OH is 1. The molecule has 0 atom stereocenters. The smallest absolute Gasteiger partial charge is 0.257 e. The Kier molecular flexibility index (Phi) is 4.94. The third-order valence-corrected chi connectivity index (χ3v) is 2.99. The number of hydrogen-bond donors (Lipinski definition) is 2. The minimum Gasteiger partial charge on any atom is -0.384 e. The number of aliphatic hydroxyl groups is 1. The van der Waals surface area contributed by atoms with Crippen LogP contribution in [0.15, 0.2) is 36.5 Å². The Morgan fingerprint density at radius 2 is 2.19 bits per heavy atom. The van der Waals surface area contributed by atoms with Crippen molar-refractivity contribution in [2.24, 2.45) is 0 Å². The van der Waals surface area contributed by atoms with Crippen LogP contribution < -0.4 is 5.32 Å². The van der Waals surface area contributed by atoms with Crippen LogP contribution in [0.3, 0.4) is 0 Å². The molecule has 0 aliphatic heterocycles. The molecule has 1 heterocycles. The van der Waals surface area contributed by atoms with Gasteiger partial charge in [0.25, 0.3) is 5.91 Å². The minimum absolute atomic E-state index is 0.217. The van der Waals surface area contributed by atoms with E-state index >= 15 is 0 Å². The number of carbonyl (C=O) groups excluding carboxylic acids is 1. The molecule has 4 nitrogen and oxygen atoms in total. The number of aromatic nitrogens is 1. The largest absolute Gasteiger partial charge is 0.384 e. The van der Waals surface area contributed by atoms with Gasteiger partial charge in [-0.1, -0.05) is 29.5 Å². The van der Waals surface area contributed by atoms with Crippen LogP contribution in [0.1, 0.15) is 21.5 Å². The second-order valence-electron chi connectivity index (χ2n) is 4.30. The summed E-state index contributed by atoms with van der Waals surface area (Å²) in [7, 11) is 0. The van der Waals surface area contributed by atoms with Crippen molar-refractivity contribution in [2.75, 3.05) is 11.9 Å². The predicted octanol–water partition coefficient (Wildman–Crippen LogP) is 2.64. The van der Waals surface area contributed by atoms with Crippen molar-refractivity contribution in [2.45, 2.75) is 6.92 Å². The Bertz CT molecular complexity index is 733. The molecular formula is C16H13ClN2O2. The highest BCUT2D eigenvalue weighted by Crippen LogP contribution is 2.17. The molecule has 5 heteroatoms. The van der Waals surface area contributed by atoms with Crippen LogP contribution in [0.25, 0.3) is 0 Å². The standard InChI is InChI=1S/C16H13ClN2O2/c1-11-4-5-13(17)10-14(11)16(21)19-15-9-12(3-2-8-20)6-7-18-15/h4-7,9-10,20H,8H2,1H3,(H,18,19,21). The van der Waals surface area contributed by atoms with Gasteiger partial charge in [0.1, 0.15) is 12.4 Å². The van der Waals surface area contributed by atoms with Gasteiger partial charge >= 0.3 is 0 Å². The molecule has 0 saturated carbocycles. The van der Waals surface area contributed by atoms with E-state index in [-0.39, 0.29) is 12.5 Å². The summed E-state index contributed by atoms with van der Waals surface area (Å²) in [6.07, 6.45) is 1.54. The van der Waals surface area contributed by atoms with Crippen molar-refractivity contribution in [1.82, 2.24) is 4.98 Å². The summed E-state index contributed by atoms with van der Waals surface area (Å²) in [5.41, 5.74) is 1.99. The van der Waals surface area contributed by atoms with Crippen molar-refractivity contribution in [3.8, 4) is 11.8 Å². The van der Waals surface area contributed by atoms with Gasteiger partial charge in [-0.25, -0.2) is 4.98 Å². The van der Waals surface area contributed by atoms with Crippen molar-refractivity contribution in [3.63, 3.8) is 0 Å². The van der Waals surface area contributed by atoms with Gasteiger partial charge < -0.3 is 10.4 Å². The molecule has 0 aliphatic carbocycles. The zero-order valence-corrected chi connectivity index (χ0v) is 12.1. The number of hydrogen-bond acceptors (Lipinski definition) is 3. The predicted molar refractivity (Wildman–Crippen MR) is 82.3 cm³/mol. The van der Waals surface area contributed by atoms with Crippen molar-refractivity contribution in [1.29, 1.82) is 0 Å². The summed E-state index contributed by atoms with van der Waals surface area (Å²) in [6.45, 7) is 1.62. The zero-order chi connectivity index (χ0) is 15.2. The first-order valence-electron chi connectivity index (χ1n) is 6.23. The van der Waals surface area contributed by atoms with Gasteiger partial charge in [0.15, 0.2) is 0 Å². The van der Waals surface area contributed by atoms with Gasteiger partial charge in [-0.05, 0) is 36.8 Å². The maximum atomic E-state index is 12.2. The summed E-state index contributed by atoms with van der Waals surface area (Å²) < 4.78 is 0. The number of nitrogens with one attached hydrogen (secondary N) is 1. The molecular weight excluding hydrogens is 288 g/mol. The lowest BCUT2D eigenvalue weighted by atomic mass is 10.1. The van der Waals surface area contributed by atoms with Crippen LogP contribution in [0.2, 0.25) is 5.02 Å². The molecule has 0 unspecified atom stereocenters. The summed E-state index contributed by atoms with van der Waals surface area (Å²) in [5, 5.41) is 11.9. The zero-order valence-electron chi connectivity index (χ0n) is 11.4. The second-order valence-corrected chi connectivity index (χ2v) is 4.74. The molecule has 0 radical (unpaired) electrons. The summed E-state index contributed by atoms with van der Waals surface area (Å²) in [5.74, 6) is 5.41. The number of rotatable bonds is 2. The summed E-state index contributed by atoms with van der Waals surface area (Å²) in [6, 6.07) is 8.47. The molecule has 0 bridgehead atoms. The van der Waals surface area contributed by atoms with Crippen LogP contribution >= 0.6 is 11.6 Å². The Labute approximate surface area is 127 Å². The molecule has 1 aromatic carbocycles. The van der Waals surface area contributed by atoms with E-state index in [9.17, 15) is 4.79 Å². The van der Waals surface area contributed by atoms with E-state index in [1.807, 2.05) is 6.92 Å². The van der Waals surface area contributed by atoms with E-state index in [4.69, 9.17) is 16.7 Å². The molecule has 0 spiro atoms. The van der Waals surface area contributed by atoms with Gasteiger partial charge in [0.05, 0.1) is 0 Å². The Morgan fingerprint density at radius 3 is 2.95 bits per heavy atom. The quantitative estimate of drug-likeness (QED) is 0.838. The van der Waals surface area contributed by atoms with Gasteiger partial charge in [-0.3, -0.25) is 4.79 Å². The Hall–Kier alpha value is -2.35. The number of benzene rings is 1. The van der Waals surface area contributed by atoms with E-state index in [1.165, 1.54) is 0 Å². The van der Waals surface area contributed by atoms with Crippen molar-refractivity contribution < 1.29 is 9.90 Å². The fourth-order valence-electron chi connectivity index (χ4n) is 1.74. The van der Waals surface area contributed by atoms with E-state index in [2.05, 4.69) is 22.1 Å². The maximum absolute atomic E-state index is 12.2. The third-order valence-electron chi connectivity index (χ3n) is 2.76. The highest BCUT2D eigenvalue weighted by Gasteiger charge is 2.10. The maximum Gasteiger partial charge on any atom is 0.257 e. The van der Waals surface area contributed by atoms with E-state index in [0.717, 1.165) is 5.56 Å². The lowest BCUT2D eigenvalue weighted by Crippen LogP contribution is -2.14. The topological polar surface area (TPSA) is 62.2 Å². The third kappa shape index (κ3) is 4.06. The lowest BCUT2D eigenvalue weighted by molar-refractivity contribution is 0.102. The molecule has 2 rings (SSSR count). The first-order valence-corrected chi connectivity index (χ1v) is 6.61. The molecule has 106 valence electrons. The number of nitrogens with zero attached hydrogens (tertiary/aromatic N) is 1. The molecule has 0 saturated heterocycles. The van der Waals surface area contributed by atoms with Crippen LogP contribution in [-0.2, 0) is 0 Å². The highest BCUT2D eigenvalue weighted by molar-refractivity contribution is 6.31. The Morgan fingerprint density at radius 1 is 1.38 bits per heavy atom. The van der Waals surface area contributed by atoms with Crippen LogP contribution in [0, 0.1) is 18.8 Å². The fourth-order valence-corrected chi connectivity index (χ4v) is 1.91. The minimum atomic E-state index is -0.283. The molecule has 2 aromatic rings. The van der Waals surface area contributed by atoms with Gasteiger partial charge in [0.2, 0.25) is 0 Å². The fraction of sp³-hybridized carbons (Fsp3) is 0.125. The number of amides is 1. The monoisotopic (exact) mass is 300 g/mol. The lowest BCUT2D eigenvalue weighted by Gasteiger charge is -2.07. The van der Waals surface area contributed by atoms with E-state index < -0.39 is 0 Å². The molecule has 0 aliphatic rings. The SMILES string of the molecule is Cc1ccc(Cl)cc1C(=O)Nc1cc(C#CCO)ccn1. The van der Waals surface area contributed by atoms with Gasteiger partial charge in [-0.2, -0.15) is 0 Å². The number of halogens is 1. The van der Waals surface area contributed by atoms with Crippen LogP contribution in [0.4, 0.5) is 5.82 Å².